The van der Waals surface area contributed by atoms with E-state index in [1.807, 2.05) is 11.3 Å². The van der Waals surface area contributed by atoms with Crippen LogP contribution in [0.1, 0.15) is 28.2 Å². The van der Waals surface area contributed by atoms with Crippen molar-refractivity contribution in [2.75, 3.05) is 0 Å². The molecule has 0 radical (unpaired) electrons. The Labute approximate surface area is 264 Å². The fourth-order valence-electron chi connectivity index (χ4n) is 8.41. The number of hydrogen-bond donors (Lipinski definition) is 0. The summed E-state index contributed by atoms with van der Waals surface area (Å²) < 4.78 is 2.69. The lowest BCUT2D eigenvalue weighted by atomic mass is 9.67. The first-order chi connectivity index (χ1) is 22.2. The number of benzene rings is 7. The van der Waals surface area contributed by atoms with Gasteiger partial charge in [-0.25, -0.2) is 0 Å². The average Bonchev–Trinajstić information content (AvgIpc) is 3.46. The second kappa shape index (κ2) is 8.69. The molecule has 0 aliphatic heterocycles. The molecular formula is C44H26S. The van der Waals surface area contributed by atoms with Crippen LogP contribution in [0, 0.1) is 5.92 Å². The largest absolute Gasteiger partial charge is 0.135 e. The van der Waals surface area contributed by atoms with Crippen molar-refractivity contribution in [1.82, 2.24) is 0 Å². The van der Waals surface area contributed by atoms with Crippen molar-refractivity contribution in [2.24, 2.45) is 5.92 Å². The fraction of sp³-hybridized carbons (Fsp3) is 0.0455. The highest BCUT2D eigenvalue weighted by Crippen LogP contribution is 2.49. The van der Waals surface area contributed by atoms with Crippen LogP contribution in [0.2, 0.25) is 0 Å². The van der Waals surface area contributed by atoms with Gasteiger partial charge in [0, 0.05) is 32.0 Å². The minimum absolute atomic E-state index is 0.394. The van der Waals surface area contributed by atoms with Gasteiger partial charge in [0.05, 0.1) is 0 Å². The highest BCUT2D eigenvalue weighted by atomic mass is 32.1. The first kappa shape index (κ1) is 24.1. The van der Waals surface area contributed by atoms with Gasteiger partial charge in [-0.3, -0.25) is 0 Å². The van der Waals surface area contributed by atoms with Gasteiger partial charge in [0.2, 0.25) is 0 Å². The van der Waals surface area contributed by atoms with Gasteiger partial charge >= 0.3 is 0 Å². The van der Waals surface area contributed by atoms with Gasteiger partial charge < -0.3 is 0 Å². The molecule has 45 heavy (non-hydrogen) atoms. The molecule has 0 fully saturated rings. The molecule has 11 rings (SSSR count). The smallest absolute Gasteiger partial charge is 0.0361 e. The molecule has 0 amide bonds. The molecule has 0 N–H and O–H groups in total. The highest BCUT2D eigenvalue weighted by Gasteiger charge is 2.33. The fourth-order valence-corrected chi connectivity index (χ4v) is 9.59. The van der Waals surface area contributed by atoms with Crippen LogP contribution in [0.5, 0.6) is 0 Å². The summed E-state index contributed by atoms with van der Waals surface area (Å²) in [6, 6.07) is 41.2. The van der Waals surface area contributed by atoms with E-state index >= 15 is 0 Å². The lowest BCUT2D eigenvalue weighted by Crippen LogP contribution is -2.21. The molecule has 1 aromatic heterocycles. The maximum absolute atomic E-state index is 2.49. The van der Waals surface area contributed by atoms with Crippen LogP contribution < -0.4 is 0 Å². The molecule has 2 unspecified atom stereocenters. The molecule has 0 bridgehead atoms. The normalized spacial score (nSPS) is 18.3. The third-order valence-electron chi connectivity index (χ3n) is 10.5. The van der Waals surface area contributed by atoms with Crippen LogP contribution >= 0.6 is 11.3 Å². The number of allylic oxidation sites excluding steroid dienone is 6. The monoisotopic (exact) mass is 586 g/mol. The number of fused-ring (bicyclic) bond motifs is 3. The molecule has 0 saturated carbocycles. The SMILES string of the molecule is C1=Cc2cccc3c2C2C1=CC(c1ccc4c(c1)sc1cc(-c5cc6ccc7cccc8ccc(c5)c6c78)ccc14)=CC2C=C3. The Kier molecular flexibility index (Phi) is 4.66. The van der Waals surface area contributed by atoms with Crippen molar-refractivity contribution in [1.29, 1.82) is 0 Å². The number of thiophene rings is 1. The average molecular weight is 587 g/mol. The Morgan fingerprint density at radius 3 is 1.93 bits per heavy atom. The van der Waals surface area contributed by atoms with Crippen LogP contribution in [0.3, 0.4) is 0 Å². The van der Waals surface area contributed by atoms with Gasteiger partial charge in [0.1, 0.15) is 0 Å². The van der Waals surface area contributed by atoms with Crippen molar-refractivity contribution >= 4 is 81.6 Å². The van der Waals surface area contributed by atoms with E-state index in [0.29, 0.717) is 11.8 Å². The Bertz CT molecular complexity index is 2640. The Morgan fingerprint density at radius 2 is 1.16 bits per heavy atom. The predicted molar refractivity (Wildman–Crippen MR) is 195 cm³/mol. The topological polar surface area (TPSA) is 0 Å². The van der Waals surface area contributed by atoms with E-state index in [1.165, 1.54) is 97.0 Å². The van der Waals surface area contributed by atoms with Crippen LogP contribution in [-0.2, 0) is 0 Å². The van der Waals surface area contributed by atoms with Crippen molar-refractivity contribution in [3.05, 3.63) is 161 Å². The Morgan fingerprint density at radius 1 is 0.511 bits per heavy atom. The standard InChI is InChI=1S/C44H26S/c1-3-25-7-11-31-19-35(20-32-12-8-26(4-1)41(25)43(31)32)29-15-17-37-38-18-16-30(24-40(38)45-39(37)23-29)36-21-33-13-9-27-5-2-6-28-10-14-34(22-36)44(33)42(27)28/h1-24,31,43H. The number of rotatable bonds is 2. The van der Waals surface area contributed by atoms with Crippen LogP contribution in [0.25, 0.3) is 81.3 Å². The lowest BCUT2D eigenvalue weighted by molar-refractivity contribution is 0.667. The highest BCUT2D eigenvalue weighted by molar-refractivity contribution is 7.25. The first-order valence-corrected chi connectivity index (χ1v) is 16.6. The summed E-state index contributed by atoms with van der Waals surface area (Å²) in [6.07, 6.45) is 14.3. The van der Waals surface area contributed by atoms with E-state index in [1.54, 1.807) is 0 Å². The number of hydrogen-bond acceptors (Lipinski definition) is 1. The second-order valence-electron chi connectivity index (χ2n) is 12.9. The molecular weight excluding hydrogens is 561 g/mol. The second-order valence-corrected chi connectivity index (χ2v) is 14.0. The molecule has 3 aliphatic carbocycles. The van der Waals surface area contributed by atoms with Crippen LogP contribution in [0.4, 0.5) is 0 Å². The minimum atomic E-state index is 0.394. The van der Waals surface area contributed by atoms with E-state index in [4.69, 9.17) is 0 Å². The third kappa shape index (κ3) is 3.36. The van der Waals surface area contributed by atoms with Gasteiger partial charge in [-0.1, -0.05) is 121 Å². The molecule has 8 aromatic rings. The Hall–Kier alpha value is -5.24. The van der Waals surface area contributed by atoms with Gasteiger partial charge in [0.25, 0.3) is 0 Å². The van der Waals surface area contributed by atoms with Crippen LogP contribution in [-0.4, -0.2) is 0 Å². The molecule has 0 spiro atoms. The predicted octanol–water partition coefficient (Wildman–Crippen LogP) is 12.4. The van der Waals surface area contributed by atoms with E-state index in [9.17, 15) is 0 Å². The van der Waals surface area contributed by atoms with Gasteiger partial charge in [-0.05, 0) is 101 Å². The molecule has 2 atom stereocenters. The summed E-state index contributed by atoms with van der Waals surface area (Å²) >= 11 is 1.91. The minimum Gasteiger partial charge on any atom is -0.135 e. The zero-order valence-electron chi connectivity index (χ0n) is 24.4. The summed E-state index contributed by atoms with van der Waals surface area (Å²) in [5.74, 6) is 0.827. The molecule has 1 heterocycles. The molecule has 7 aromatic carbocycles. The van der Waals surface area contributed by atoms with E-state index in [-0.39, 0.29) is 0 Å². The third-order valence-corrected chi connectivity index (χ3v) is 11.6. The van der Waals surface area contributed by atoms with E-state index in [0.717, 1.165) is 0 Å². The quantitative estimate of drug-likeness (QED) is 0.177. The van der Waals surface area contributed by atoms with E-state index in [2.05, 4.69) is 146 Å². The maximum Gasteiger partial charge on any atom is 0.0361 e. The molecule has 208 valence electrons. The first-order valence-electron chi connectivity index (χ1n) is 15.8. The van der Waals surface area contributed by atoms with Crippen molar-refractivity contribution in [3.63, 3.8) is 0 Å². The van der Waals surface area contributed by atoms with Crippen molar-refractivity contribution < 1.29 is 0 Å². The molecule has 0 nitrogen and oxygen atoms in total. The summed E-state index contributed by atoms with van der Waals surface area (Å²) in [5.41, 5.74) is 10.9. The van der Waals surface area contributed by atoms with Gasteiger partial charge in [-0.15, -0.1) is 11.3 Å². The van der Waals surface area contributed by atoms with Crippen LogP contribution in [0.15, 0.2) is 139 Å². The Balaban J connectivity index is 1.00. The molecule has 1 heteroatoms. The lowest BCUT2D eigenvalue weighted by Gasteiger charge is -2.36. The molecule has 0 saturated heterocycles. The van der Waals surface area contributed by atoms with Gasteiger partial charge in [-0.2, -0.15) is 0 Å². The summed E-state index contributed by atoms with van der Waals surface area (Å²) in [6.45, 7) is 0. The zero-order valence-corrected chi connectivity index (χ0v) is 25.2. The van der Waals surface area contributed by atoms with Crippen molar-refractivity contribution in [2.45, 2.75) is 5.92 Å². The zero-order chi connectivity index (χ0) is 29.2. The maximum atomic E-state index is 2.49. The summed E-state index contributed by atoms with van der Waals surface area (Å²) in [5, 5.41) is 10.7. The summed E-state index contributed by atoms with van der Waals surface area (Å²) in [4.78, 5) is 0. The van der Waals surface area contributed by atoms with Crippen molar-refractivity contribution in [3.8, 4) is 11.1 Å². The van der Waals surface area contributed by atoms with E-state index < -0.39 is 0 Å². The molecule has 3 aliphatic rings. The summed E-state index contributed by atoms with van der Waals surface area (Å²) in [7, 11) is 0. The van der Waals surface area contributed by atoms with Gasteiger partial charge in [0.15, 0.2) is 0 Å².